The lowest BCUT2D eigenvalue weighted by Crippen LogP contribution is -2.53. The average Bonchev–Trinajstić information content (AvgIpc) is 2.48. The first-order valence-electron chi connectivity index (χ1n) is 5.33. The van der Waals surface area contributed by atoms with Gasteiger partial charge in [0, 0.05) is 19.4 Å². The first-order valence-corrected chi connectivity index (χ1v) is 5.33. The predicted molar refractivity (Wildman–Crippen MR) is 64.5 cm³/mol. The lowest BCUT2D eigenvalue weighted by Gasteiger charge is -2.38. The van der Waals surface area contributed by atoms with E-state index in [2.05, 4.69) is 0 Å². The standard InChI is InChI=1S/C11H20BNO3/c1-10(2,14)11(3,4)16-12(15)9-6-7-13(5)8-9/h6-8,14-15H,1-5H3. The third kappa shape index (κ3) is 2.87. The van der Waals surface area contributed by atoms with Crippen molar-refractivity contribution in [2.24, 2.45) is 7.05 Å². The largest absolute Gasteiger partial charge is 0.493 e. The van der Waals surface area contributed by atoms with Gasteiger partial charge in [0.05, 0.1) is 11.2 Å². The van der Waals surface area contributed by atoms with E-state index in [4.69, 9.17) is 4.65 Å². The van der Waals surface area contributed by atoms with E-state index < -0.39 is 18.3 Å². The smallest absolute Gasteiger partial charge is 0.423 e. The fourth-order valence-corrected chi connectivity index (χ4v) is 1.16. The quantitative estimate of drug-likeness (QED) is 0.723. The van der Waals surface area contributed by atoms with Crippen LogP contribution in [0, 0.1) is 0 Å². The van der Waals surface area contributed by atoms with E-state index in [9.17, 15) is 10.1 Å². The lowest BCUT2D eigenvalue weighted by atomic mass is 9.78. The molecule has 0 saturated carbocycles. The van der Waals surface area contributed by atoms with Crippen molar-refractivity contribution in [3.63, 3.8) is 0 Å². The van der Waals surface area contributed by atoms with Gasteiger partial charge < -0.3 is 19.4 Å². The summed E-state index contributed by atoms with van der Waals surface area (Å²) >= 11 is 0. The van der Waals surface area contributed by atoms with Gasteiger partial charge in [-0.2, -0.15) is 0 Å². The maximum atomic E-state index is 9.91. The molecule has 1 aromatic rings. The van der Waals surface area contributed by atoms with Gasteiger partial charge in [-0.05, 0) is 39.2 Å². The zero-order valence-electron chi connectivity index (χ0n) is 10.6. The molecular formula is C11H20BNO3. The molecule has 2 N–H and O–H groups in total. The van der Waals surface area contributed by atoms with Crippen LogP contribution in [0.1, 0.15) is 27.7 Å². The molecule has 0 saturated heterocycles. The second kappa shape index (κ2) is 4.24. The van der Waals surface area contributed by atoms with Crippen LogP contribution < -0.4 is 5.46 Å². The van der Waals surface area contributed by atoms with Crippen LogP contribution in [0.3, 0.4) is 0 Å². The van der Waals surface area contributed by atoms with Gasteiger partial charge in [0.25, 0.3) is 0 Å². The van der Waals surface area contributed by atoms with E-state index in [0.29, 0.717) is 5.46 Å². The van der Waals surface area contributed by atoms with Gasteiger partial charge in [0.1, 0.15) is 0 Å². The molecule has 90 valence electrons. The van der Waals surface area contributed by atoms with E-state index in [1.165, 1.54) is 0 Å². The number of aryl methyl sites for hydroxylation is 1. The van der Waals surface area contributed by atoms with E-state index in [1.54, 1.807) is 40.0 Å². The number of hydrogen-bond acceptors (Lipinski definition) is 3. The first-order chi connectivity index (χ1) is 7.13. The van der Waals surface area contributed by atoms with Gasteiger partial charge >= 0.3 is 7.12 Å². The van der Waals surface area contributed by atoms with E-state index in [0.717, 1.165) is 0 Å². The zero-order valence-corrected chi connectivity index (χ0v) is 10.6. The zero-order chi connectivity index (χ0) is 12.6. The highest BCUT2D eigenvalue weighted by atomic mass is 16.5. The maximum Gasteiger partial charge on any atom is 0.493 e. The summed E-state index contributed by atoms with van der Waals surface area (Å²) in [6.07, 6.45) is 3.62. The Hall–Kier alpha value is -0.775. The topological polar surface area (TPSA) is 54.6 Å². The normalized spacial score (nSPS) is 12.9. The van der Waals surface area contributed by atoms with Crippen molar-refractivity contribution in [3.05, 3.63) is 18.5 Å². The van der Waals surface area contributed by atoms with Crippen molar-refractivity contribution in [1.82, 2.24) is 4.57 Å². The molecule has 0 spiro atoms. The van der Waals surface area contributed by atoms with Crippen LogP contribution in [0.15, 0.2) is 18.5 Å². The molecule has 0 unspecified atom stereocenters. The van der Waals surface area contributed by atoms with E-state index >= 15 is 0 Å². The van der Waals surface area contributed by atoms with Crippen molar-refractivity contribution in [2.45, 2.75) is 38.9 Å². The predicted octanol–water partition coefficient (Wildman–Crippen LogP) is 0.279. The number of rotatable bonds is 4. The summed E-state index contributed by atoms with van der Waals surface area (Å²) in [7, 11) is 0.847. The highest BCUT2D eigenvalue weighted by Gasteiger charge is 2.39. The van der Waals surface area contributed by atoms with E-state index in [-0.39, 0.29) is 0 Å². The third-order valence-electron chi connectivity index (χ3n) is 3.02. The Morgan fingerprint density at radius 1 is 1.31 bits per heavy atom. The van der Waals surface area contributed by atoms with Crippen LogP contribution in [0.2, 0.25) is 0 Å². The molecule has 1 aromatic heterocycles. The number of nitrogens with zero attached hydrogens (tertiary/aromatic N) is 1. The Kier molecular flexibility index (Phi) is 3.52. The molecule has 0 atom stereocenters. The second-order valence-corrected chi connectivity index (χ2v) is 5.15. The molecule has 4 nitrogen and oxygen atoms in total. The van der Waals surface area contributed by atoms with Gasteiger partial charge in [-0.3, -0.25) is 0 Å². The Balaban J connectivity index is 2.75. The number of aromatic nitrogens is 1. The SMILES string of the molecule is Cn1ccc(B(O)OC(C)(C)C(C)(C)O)c1. The van der Waals surface area contributed by atoms with Crippen LogP contribution in [-0.4, -0.2) is 33.0 Å². The molecule has 5 heteroatoms. The fourth-order valence-electron chi connectivity index (χ4n) is 1.16. The van der Waals surface area contributed by atoms with Crippen LogP contribution in [0.4, 0.5) is 0 Å². The molecule has 1 heterocycles. The monoisotopic (exact) mass is 225 g/mol. The summed E-state index contributed by atoms with van der Waals surface area (Å²) < 4.78 is 7.33. The summed E-state index contributed by atoms with van der Waals surface area (Å²) in [5.41, 5.74) is -1.18. The minimum Gasteiger partial charge on any atom is -0.423 e. The molecule has 0 amide bonds. The number of hydrogen-bond donors (Lipinski definition) is 2. The van der Waals surface area contributed by atoms with Gasteiger partial charge in [-0.1, -0.05) is 0 Å². The van der Waals surface area contributed by atoms with E-state index in [1.807, 2.05) is 17.8 Å². The van der Waals surface area contributed by atoms with Crippen molar-refractivity contribution >= 4 is 12.6 Å². The molecule has 16 heavy (non-hydrogen) atoms. The summed E-state index contributed by atoms with van der Waals surface area (Å²) in [6.45, 7) is 6.81. The van der Waals surface area contributed by atoms with Gasteiger partial charge in [0.2, 0.25) is 0 Å². The van der Waals surface area contributed by atoms with Crippen molar-refractivity contribution in [3.8, 4) is 0 Å². The van der Waals surface area contributed by atoms with Crippen LogP contribution in [0.25, 0.3) is 0 Å². The molecule has 0 aliphatic rings. The highest BCUT2D eigenvalue weighted by Crippen LogP contribution is 2.25. The molecule has 0 aliphatic carbocycles. The lowest BCUT2D eigenvalue weighted by molar-refractivity contribution is -0.0982. The van der Waals surface area contributed by atoms with Crippen LogP contribution >= 0.6 is 0 Å². The minimum atomic E-state index is -1.03. The summed E-state index contributed by atoms with van der Waals surface area (Å²) in [5.74, 6) is 0. The average molecular weight is 225 g/mol. The fraction of sp³-hybridized carbons (Fsp3) is 0.636. The van der Waals surface area contributed by atoms with Gasteiger partial charge in [0.15, 0.2) is 0 Å². The maximum absolute atomic E-state index is 9.91. The van der Waals surface area contributed by atoms with Crippen LogP contribution in [-0.2, 0) is 11.7 Å². The Bertz CT molecular complexity index is 354. The van der Waals surface area contributed by atoms with Gasteiger partial charge in [-0.25, -0.2) is 0 Å². The molecule has 0 aliphatic heterocycles. The number of aliphatic hydroxyl groups is 1. The molecule has 0 aromatic carbocycles. The van der Waals surface area contributed by atoms with Gasteiger partial charge in [-0.15, -0.1) is 0 Å². The molecule has 0 radical (unpaired) electrons. The third-order valence-corrected chi connectivity index (χ3v) is 3.02. The summed E-state index contributed by atoms with van der Waals surface area (Å²) in [5, 5.41) is 19.8. The Morgan fingerprint density at radius 2 is 1.88 bits per heavy atom. The highest BCUT2D eigenvalue weighted by molar-refractivity contribution is 6.60. The van der Waals surface area contributed by atoms with Crippen molar-refractivity contribution in [2.75, 3.05) is 0 Å². The molecule has 1 rings (SSSR count). The summed E-state index contributed by atoms with van der Waals surface area (Å²) in [4.78, 5) is 0. The van der Waals surface area contributed by atoms with Crippen LogP contribution in [0.5, 0.6) is 0 Å². The minimum absolute atomic E-state index is 0.680. The molecule has 0 bridgehead atoms. The second-order valence-electron chi connectivity index (χ2n) is 5.15. The Morgan fingerprint density at radius 3 is 2.25 bits per heavy atom. The molecular weight excluding hydrogens is 205 g/mol. The van der Waals surface area contributed by atoms with Crippen molar-refractivity contribution in [1.29, 1.82) is 0 Å². The first kappa shape index (κ1) is 13.3. The summed E-state index contributed by atoms with van der Waals surface area (Å²) in [6, 6.07) is 1.78. The molecule has 0 fully saturated rings. The van der Waals surface area contributed by atoms with Crippen molar-refractivity contribution < 1.29 is 14.8 Å². The Labute approximate surface area is 97.0 Å².